The van der Waals surface area contributed by atoms with Crippen molar-refractivity contribution < 1.29 is 22.4 Å². The molecule has 0 saturated carbocycles. The van der Waals surface area contributed by atoms with E-state index in [1.54, 1.807) is 0 Å². The van der Waals surface area contributed by atoms with Crippen molar-refractivity contribution >= 4 is 15.7 Å². The van der Waals surface area contributed by atoms with Crippen LogP contribution in [-0.4, -0.2) is 63.6 Å². The molecule has 1 aromatic rings. The molecule has 130 valence electrons. The van der Waals surface area contributed by atoms with E-state index in [1.807, 2.05) is 19.1 Å². The molecule has 1 N–H and O–H groups in total. The minimum Gasteiger partial charge on any atom is -0.465 e. The van der Waals surface area contributed by atoms with E-state index in [0.717, 1.165) is 30.9 Å². The van der Waals surface area contributed by atoms with Gasteiger partial charge in [0.15, 0.2) is 9.84 Å². The SMILES string of the molecule is Cc1ccc(C(CNC(=O)C(C)S(C)(=O)=O)N2CCOCC2)o1. The van der Waals surface area contributed by atoms with E-state index in [0.29, 0.717) is 19.8 Å². The van der Waals surface area contributed by atoms with E-state index in [1.165, 1.54) is 6.92 Å². The van der Waals surface area contributed by atoms with Crippen LogP contribution in [0.3, 0.4) is 0 Å². The second kappa shape index (κ2) is 7.46. The van der Waals surface area contributed by atoms with Crippen LogP contribution in [0.2, 0.25) is 0 Å². The fraction of sp³-hybridized carbons (Fsp3) is 0.667. The van der Waals surface area contributed by atoms with Crippen LogP contribution in [0, 0.1) is 6.92 Å². The van der Waals surface area contributed by atoms with Gasteiger partial charge in [0.25, 0.3) is 0 Å². The molecular weight excluding hydrogens is 320 g/mol. The Morgan fingerprint density at radius 2 is 2.00 bits per heavy atom. The number of furan rings is 1. The van der Waals surface area contributed by atoms with Crippen LogP contribution in [0.25, 0.3) is 0 Å². The fourth-order valence-corrected chi connectivity index (χ4v) is 2.94. The lowest BCUT2D eigenvalue weighted by molar-refractivity contribution is -0.120. The summed E-state index contributed by atoms with van der Waals surface area (Å²) in [4.78, 5) is 14.2. The molecular formula is C15H24N2O5S. The number of rotatable bonds is 6. The van der Waals surface area contributed by atoms with Gasteiger partial charge in [-0.1, -0.05) is 0 Å². The molecule has 0 aliphatic carbocycles. The summed E-state index contributed by atoms with van der Waals surface area (Å²) in [6.45, 7) is 6.29. The molecule has 1 aliphatic rings. The zero-order valence-electron chi connectivity index (χ0n) is 13.7. The Bertz CT molecular complexity index is 634. The van der Waals surface area contributed by atoms with Gasteiger partial charge in [0.2, 0.25) is 5.91 Å². The summed E-state index contributed by atoms with van der Waals surface area (Å²) in [6.07, 6.45) is 1.06. The van der Waals surface area contributed by atoms with Gasteiger partial charge in [0.1, 0.15) is 16.8 Å². The van der Waals surface area contributed by atoms with E-state index in [-0.39, 0.29) is 6.04 Å². The normalized spacial score (nSPS) is 19.3. The molecule has 1 aromatic heterocycles. The molecule has 1 aliphatic heterocycles. The third-order valence-electron chi connectivity index (χ3n) is 4.06. The Labute approximate surface area is 136 Å². The summed E-state index contributed by atoms with van der Waals surface area (Å²) >= 11 is 0. The van der Waals surface area contributed by atoms with Gasteiger partial charge in [0, 0.05) is 25.9 Å². The Hall–Kier alpha value is -1.38. The predicted molar refractivity (Wildman–Crippen MR) is 85.9 cm³/mol. The van der Waals surface area contributed by atoms with Gasteiger partial charge < -0.3 is 14.5 Å². The lowest BCUT2D eigenvalue weighted by atomic mass is 10.1. The van der Waals surface area contributed by atoms with Crippen LogP contribution in [-0.2, 0) is 19.4 Å². The fourth-order valence-electron chi connectivity index (χ4n) is 2.47. The number of aryl methyl sites for hydroxylation is 1. The molecule has 23 heavy (non-hydrogen) atoms. The number of carbonyl (C=O) groups excluding carboxylic acids is 1. The summed E-state index contributed by atoms with van der Waals surface area (Å²) in [5.74, 6) is 1.07. The molecule has 2 heterocycles. The zero-order valence-corrected chi connectivity index (χ0v) is 14.6. The largest absolute Gasteiger partial charge is 0.465 e. The number of amides is 1. The predicted octanol–water partition coefficient (Wildman–Crippen LogP) is 0.511. The first-order chi connectivity index (χ1) is 10.8. The van der Waals surface area contributed by atoms with Gasteiger partial charge in [-0.05, 0) is 26.0 Å². The van der Waals surface area contributed by atoms with Gasteiger partial charge in [-0.2, -0.15) is 0 Å². The highest BCUT2D eigenvalue weighted by atomic mass is 32.2. The summed E-state index contributed by atoms with van der Waals surface area (Å²) in [5, 5.41) is 1.67. The van der Waals surface area contributed by atoms with Crippen LogP contribution in [0.4, 0.5) is 0 Å². The summed E-state index contributed by atoms with van der Waals surface area (Å²) < 4.78 is 34.0. The number of nitrogens with one attached hydrogen (secondary N) is 1. The third-order valence-corrected chi connectivity index (χ3v) is 5.56. The van der Waals surface area contributed by atoms with Gasteiger partial charge in [-0.3, -0.25) is 9.69 Å². The van der Waals surface area contributed by atoms with E-state index in [4.69, 9.17) is 9.15 Å². The van der Waals surface area contributed by atoms with Crippen molar-refractivity contribution in [3.63, 3.8) is 0 Å². The monoisotopic (exact) mass is 344 g/mol. The first kappa shape index (κ1) is 18.0. The van der Waals surface area contributed by atoms with Crippen molar-refractivity contribution in [1.29, 1.82) is 0 Å². The topological polar surface area (TPSA) is 88.9 Å². The maximum atomic E-state index is 12.0. The molecule has 8 heteroatoms. The van der Waals surface area contributed by atoms with Gasteiger partial charge in [-0.15, -0.1) is 0 Å². The van der Waals surface area contributed by atoms with Gasteiger partial charge >= 0.3 is 0 Å². The minimum atomic E-state index is -3.40. The average Bonchev–Trinajstić information content (AvgIpc) is 2.93. The van der Waals surface area contributed by atoms with Gasteiger partial charge in [-0.25, -0.2) is 8.42 Å². The molecule has 0 spiro atoms. The number of hydrogen-bond donors (Lipinski definition) is 1. The Balaban J connectivity index is 2.07. The highest BCUT2D eigenvalue weighted by Gasteiger charge is 2.28. The molecule has 1 saturated heterocycles. The second-order valence-corrected chi connectivity index (χ2v) is 8.20. The lowest BCUT2D eigenvalue weighted by Crippen LogP contribution is -2.46. The highest BCUT2D eigenvalue weighted by molar-refractivity contribution is 7.92. The number of morpholine rings is 1. The van der Waals surface area contributed by atoms with Crippen molar-refractivity contribution in [2.45, 2.75) is 25.1 Å². The van der Waals surface area contributed by atoms with E-state index in [2.05, 4.69) is 10.2 Å². The minimum absolute atomic E-state index is 0.136. The summed E-state index contributed by atoms with van der Waals surface area (Å²) in [6, 6.07) is 3.63. The first-order valence-electron chi connectivity index (χ1n) is 7.63. The molecule has 0 bridgehead atoms. The van der Waals surface area contributed by atoms with Crippen LogP contribution < -0.4 is 5.32 Å². The molecule has 2 unspecified atom stereocenters. The molecule has 2 rings (SSSR count). The molecule has 1 fully saturated rings. The van der Waals surface area contributed by atoms with E-state index in [9.17, 15) is 13.2 Å². The van der Waals surface area contributed by atoms with E-state index >= 15 is 0 Å². The Morgan fingerprint density at radius 3 is 2.52 bits per heavy atom. The Kier molecular flexibility index (Phi) is 5.83. The average molecular weight is 344 g/mol. The number of carbonyl (C=O) groups is 1. The van der Waals surface area contributed by atoms with Crippen LogP contribution in [0.5, 0.6) is 0 Å². The van der Waals surface area contributed by atoms with Crippen molar-refractivity contribution in [1.82, 2.24) is 10.2 Å². The maximum Gasteiger partial charge on any atom is 0.238 e. The van der Waals surface area contributed by atoms with E-state index < -0.39 is 21.0 Å². The number of sulfone groups is 1. The van der Waals surface area contributed by atoms with Gasteiger partial charge in [0.05, 0.1) is 19.3 Å². The molecule has 0 aromatic carbocycles. The van der Waals surface area contributed by atoms with Crippen LogP contribution in [0.15, 0.2) is 16.5 Å². The second-order valence-electron chi connectivity index (χ2n) is 5.83. The van der Waals surface area contributed by atoms with Crippen molar-refractivity contribution in [2.75, 3.05) is 39.1 Å². The zero-order chi connectivity index (χ0) is 17.0. The molecule has 7 nitrogen and oxygen atoms in total. The molecule has 2 atom stereocenters. The smallest absolute Gasteiger partial charge is 0.238 e. The lowest BCUT2D eigenvalue weighted by Gasteiger charge is -2.33. The standard InChI is InChI=1S/C15H24N2O5S/c1-11-4-5-14(22-11)13(17-6-8-21-9-7-17)10-16-15(18)12(2)23(3,19)20/h4-5,12-13H,6-10H2,1-3H3,(H,16,18). The molecule has 0 radical (unpaired) electrons. The quantitative estimate of drug-likeness (QED) is 0.809. The summed E-state index contributed by atoms with van der Waals surface area (Å²) in [7, 11) is -3.40. The third kappa shape index (κ3) is 4.79. The highest BCUT2D eigenvalue weighted by Crippen LogP contribution is 2.23. The maximum absolute atomic E-state index is 12.0. The Morgan fingerprint density at radius 1 is 1.35 bits per heavy atom. The van der Waals surface area contributed by atoms with Crippen LogP contribution in [0.1, 0.15) is 24.5 Å². The van der Waals surface area contributed by atoms with Crippen LogP contribution >= 0.6 is 0 Å². The summed E-state index contributed by atoms with van der Waals surface area (Å²) in [5.41, 5.74) is 0. The van der Waals surface area contributed by atoms with Crippen molar-refractivity contribution in [3.8, 4) is 0 Å². The number of nitrogens with zero attached hydrogens (tertiary/aromatic N) is 1. The molecule has 1 amide bonds. The number of hydrogen-bond acceptors (Lipinski definition) is 6. The van der Waals surface area contributed by atoms with Crippen molar-refractivity contribution in [2.24, 2.45) is 0 Å². The number of ether oxygens (including phenoxy) is 1. The first-order valence-corrected chi connectivity index (χ1v) is 9.59. The van der Waals surface area contributed by atoms with Crippen molar-refractivity contribution in [3.05, 3.63) is 23.7 Å².